The molecule has 0 fully saturated rings. The van der Waals surface area contributed by atoms with E-state index in [9.17, 15) is 4.79 Å². The number of amides is 1. The minimum Gasteiger partial charge on any atom is -0.368 e. The van der Waals surface area contributed by atoms with Gasteiger partial charge in [-0.25, -0.2) is 0 Å². The molecule has 5 heteroatoms. The van der Waals surface area contributed by atoms with E-state index in [1.807, 2.05) is 38.4 Å². The third-order valence-corrected chi connectivity index (χ3v) is 3.98. The fraction of sp³-hybridized carbons (Fsp3) is 0.417. The highest BCUT2D eigenvalue weighted by Crippen LogP contribution is 2.29. The molecule has 1 rings (SSSR count). The highest BCUT2D eigenvalue weighted by molar-refractivity contribution is 9.10. The van der Waals surface area contributed by atoms with Gasteiger partial charge in [-0.2, -0.15) is 0 Å². The zero-order chi connectivity index (χ0) is 12.8. The normalized spacial score (nSPS) is 12.7. The first kappa shape index (κ1) is 14.5. The smallest absolute Gasteiger partial charge is 0.235 e. The Bertz CT molecular complexity index is 385. The van der Waals surface area contributed by atoms with Crippen LogP contribution in [0.15, 0.2) is 28.7 Å². The van der Waals surface area contributed by atoms with E-state index in [1.165, 1.54) is 0 Å². The minimum atomic E-state index is -0.285. The van der Waals surface area contributed by atoms with Crippen molar-refractivity contribution in [2.45, 2.75) is 5.25 Å². The summed E-state index contributed by atoms with van der Waals surface area (Å²) in [7, 11) is 4.03. The monoisotopic (exact) mass is 316 g/mol. The molecule has 0 aliphatic carbocycles. The maximum atomic E-state index is 11.5. The predicted molar refractivity (Wildman–Crippen MR) is 77.1 cm³/mol. The summed E-state index contributed by atoms with van der Waals surface area (Å²) >= 11 is 4.98. The fourth-order valence-electron chi connectivity index (χ4n) is 1.37. The van der Waals surface area contributed by atoms with Crippen molar-refractivity contribution in [2.24, 2.45) is 5.73 Å². The molecule has 1 atom stereocenters. The lowest BCUT2D eigenvalue weighted by Crippen LogP contribution is -2.21. The lowest BCUT2D eigenvalue weighted by atomic mass is 10.1. The van der Waals surface area contributed by atoms with Crippen LogP contribution in [0.2, 0.25) is 0 Å². The quantitative estimate of drug-likeness (QED) is 0.875. The average molecular weight is 317 g/mol. The number of nitrogens with zero attached hydrogens (tertiary/aromatic N) is 1. The Morgan fingerprint density at radius 1 is 1.53 bits per heavy atom. The van der Waals surface area contributed by atoms with Gasteiger partial charge in [-0.1, -0.05) is 28.1 Å². The second kappa shape index (κ2) is 7.03. The molecule has 17 heavy (non-hydrogen) atoms. The van der Waals surface area contributed by atoms with Crippen molar-refractivity contribution in [1.82, 2.24) is 4.90 Å². The molecule has 3 nitrogen and oxygen atoms in total. The molecule has 1 aromatic rings. The van der Waals surface area contributed by atoms with Crippen LogP contribution in [0, 0.1) is 0 Å². The van der Waals surface area contributed by atoms with Gasteiger partial charge in [0, 0.05) is 16.8 Å². The number of halogens is 1. The Labute approximate surface area is 115 Å². The Kier molecular flexibility index (Phi) is 6.02. The number of carbonyl (C=O) groups excluding carboxylic acids is 1. The first-order valence-corrected chi connectivity index (χ1v) is 7.16. The SMILES string of the molecule is CN(C)CCS[C@H](C(N)=O)c1cccc(Br)c1. The molecule has 1 aromatic carbocycles. The summed E-state index contributed by atoms with van der Waals surface area (Å²) in [5.41, 5.74) is 6.40. The van der Waals surface area contributed by atoms with E-state index in [0.717, 1.165) is 22.3 Å². The van der Waals surface area contributed by atoms with Crippen LogP contribution in [0.25, 0.3) is 0 Å². The van der Waals surface area contributed by atoms with Gasteiger partial charge in [-0.3, -0.25) is 4.79 Å². The van der Waals surface area contributed by atoms with Gasteiger partial charge >= 0.3 is 0 Å². The van der Waals surface area contributed by atoms with Crippen LogP contribution in [-0.4, -0.2) is 37.2 Å². The second-order valence-electron chi connectivity index (χ2n) is 4.01. The molecule has 0 aliphatic rings. The Morgan fingerprint density at radius 3 is 2.76 bits per heavy atom. The Balaban J connectivity index is 2.69. The second-order valence-corrected chi connectivity index (χ2v) is 6.14. The molecule has 0 aliphatic heterocycles. The van der Waals surface area contributed by atoms with Crippen LogP contribution < -0.4 is 5.73 Å². The van der Waals surface area contributed by atoms with E-state index >= 15 is 0 Å². The Hall–Kier alpha value is -0.520. The molecule has 0 heterocycles. The van der Waals surface area contributed by atoms with Crippen LogP contribution in [0.1, 0.15) is 10.8 Å². The molecular weight excluding hydrogens is 300 g/mol. The fourth-order valence-corrected chi connectivity index (χ4v) is 2.99. The van der Waals surface area contributed by atoms with Crippen LogP contribution in [0.4, 0.5) is 0 Å². The molecule has 2 N–H and O–H groups in total. The highest BCUT2D eigenvalue weighted by Gasteiger charge is 2.18. The zero-order valence-electron chi connectivity index (χ0n) is 10.0. The largest absolute Gasteiger partial charge is 0.368 e. The summed E-state index contributed by atoms with van der Waals surface area (Å²) in [5.74, 6) is 0.597. The first-order chi connectivity index (χ1) is 8.00. The number of hydrogen-bond donors (Lipinski definition) is 1. The molecule has 0 saturated heterocycles. The molecule has 0 radical (unpaired) electrons. The van der Waals surface area contributed by atoms with E-state index in [4.69, 9.17) is 5.73 Å². The molecule has 1 amide bonds. The molecule has 0 bridgehead atoms. The van der Waals surface area contributed by atoms with Gasteiger partial charge < -0.3 is 10.6 Å². The van der Waals surface area contributed by atoms with E-state index < -0.39 is 0 Å². The van der Waals surface area contributed by atoms with Crippen LogP contribution in [-0.2, 0) is 4.79 Å². The number of rotatable bonds is 6. The summed E-state index contributed by atoms with van der Waals surface area (Å²) in [6.07, 6.45) is 0. The lowest BCUT2D eigenvalue weighted by Gasteiger charge is -2.15. The van der Waals surface area contributed by atoms with Crippen molar-refractivity contribution in [3.8, 4) is 0 Å². The van der Waals surface area contributed by atoms with Crippen LogP contribution >= 0.6 is 27.7 Å². The summed E-state index contributed by atoms with van der Waals surface area (Å²) in [6.45, 7) is 0.933. The standard InChI is InChI=1S/C12H17BrN2OS/c1-15(2)6-7-17-11(12(14)16)9-4-3-5-10(13)8-9/h3-5,8,11H,6-7H2,1-2H3,(H2,14,16)/t11-/m0/s1. The van der Waals surface area contributed by atoms with Crippen molar-refractivity contribution < 1.29 is 4.79 Å². The van der Waals surface area contributed by atoms with Crippen molar-refractivity contribution in [2.75, 3.05) is 26.4 Å². The van der Waals surface area contributed by atoms with Crippen LogP contribution in [0.5, 0.6) is 0 Å². The van der Waals surface area contributed by atoms with E-state index in [0.29, 0.717) is 0 Å². The summed E-state index contributed by atoms with van der Waals surface area (Å²) in [6, 6.07) is 7.73. The van der Waals surface area contributed by atoms with Gasteiger partial charge in [0.15, 0.2) is 0 Å². The lowest BCUT2D eigenvalue weighted by molar-refractivity contribution is -0.117. The highest BCUT2D eigenvalue weighted by atomic mass is 79.9. The van der Waals surface area contributed by atoms with E-state index in [1.54, 1.807) is 11.8 Å². The number of thioether (sulfide) groups is 1. The third kappa shape index (κ3) is 5.10. The average Bonchev–Trinajstić information content (AvgIpc) is 2.23. The van der Waals surface area contributed by atoms with Crippen molar-refractivity contribution >= 4 is 33.6 Å². The van der Waals surface area contributed by atoms with E-state index in [2.05, 4.69) is 20.8 Å². The maximum Gasteiger partial charge on any atom is 0.235 e. The van der Waals surface area contributed by atoms with Gasteiger partial charge in [0.1, 0.15) is 5.25 Å². The van der Waals surface area contributed by atoms with Gasteiger partial charge in [0.05, 0.1) is 0 Å². The van der Waals surface area contributed by atoms with Gasteiger partial charge in [-0.05, 0) is 31.8 Å². The van der Waals surface area contributed by atoms with Gasteiger partial charge in [-0.15, -0.1) is 11.8 Å². The zero-order valence-corrected chi connectivity index (χ0v) is 12.4. The first-order valence-electron chi connectivity index (χ1n) is 5.32. The van der Waals surface area contributed by atoms with Crippen molar-refractivity contribution in [3.05, 3.63) is 34.3 Å². The van der Waals surface area contributed by atoms with E-state index in [-0.39, 0.29) is 11.2 Å². The predicted octanol–water partition coefficient (Wildman–Crippen LogP) is 2.27. The number of carbonyl (C=O) groups is 1. The van der Waals surface area contributed by atoms with Crippen molar-refractivity contribution in [1.29, 1.82) is 0 Å². The number of nitrogens with two attached hydrogens (primary N) is 1. The maximum absolute atomic E-state index is 11.5. The molecule has 0 aromatic heterocycles. The molecule has 94 valence electrons. The molecule has 0 unspecified atom stereocenters. The van der Waals surface area contributed by atoms with Gasteiger partial charge in [0.2, 0.25) is 5.91 Å². The number of hydrogen-bond acceptors (Lipinski definition) is 3. The number of benzene rings is 1. The summed E-state index contributed by atoms with van der Waals surface area (Å²) in [4.78, 5) is 13.5. The van der Waals surface area contributed by atoms with Crippen LogP contribution in [0.3, 0.4) is 0 Å². The molecule has 0 spiro atoms. The Morgan fingerprint density at radius 2 is 2.24 bits per heavy atom. The van der Waals surface area contributed by atoms with Crippen molar-refractivity contribution in [3.63, 3.8) is 0 Å². The summed E-state index contributed by atoms with van der Waals surface area (Å²) < 4.78 is 0.967. The van der Waals surface area contributed by atoms with Gasteiger partial charge in [0.25, 0.3) is 0 Å². The molecular formula is C12H17BrN2OS. The summed E-state index contributed by atoms with van der Waals surface area (Å²) in [5, 5.41) is -0.271. The molecule has 0 saturated carbocycles. The number of primary amides is 1. The topological polar surface area (TPSA) is 46.3 Å². The third-order valence-electron chi connectivity index (χ3n) is 2.23. The minimum absolute atomic E-state index is 0.271.